The van der Waals surface area contributed by atoms with Gasteiger partial charge in [-0.3, -0.25) is 4.79 Å². The highest BCUT2D eigenvalue weighted by Gasteiger charge is 2.06. The molecule has 0 radical (unpaired) electrons. The smallest absolute Gasteiger partial charge is 0.220 e. The fraction of sp³-hybridized carbons (Fsp3) is 0.200. The minimum Gasteiger partial charge on any atom is -0.367 e. The number of thiazole rings is 1. The first kappa shape index (κ1) is 12.9. The lowest BCUT2D eigenvalue weighted by Crippen LogP contribution is -2.22. The average molecular weight is 285 g/mol. The summed E-state index contributed by atoms with van der Waals surface area (Å²) >= 11 is 1.66. The SMILES string of the molecule is O=C(CCc1nc2ccccc2s1)NCc1cc[nH]c1. The Balaban J connectivity index is 1.52. The first-order chi connectivity index (χ1) is 9.81. The van der Waals surface area contributed by atoms with Crippen LogP contribution in [-0.2, 0) is 17.8 Å². The molecule has 0 aliphatic carbocycles. The van der Waals surface area contributed by atoms with Crippen LogP contribution in [0.4, 0.5) is 0 Å². The molecule has 4 nitrogen and oxygen atoms in total. The molecule has 2 heterocycles. The van der Waals surface area contributed by atoms with E-state index in [-0.39, 0.29) is 5.91 Å². The summed E-state index contributed by atoms with van der Waals surface area (Å²) in [5, 5.41) is 3.92. The predicted molar refractivity (Wildman–Crippen MR) is 80.6 cm³/mol. The van der Waals surface area contributed by atoms with Gasteiger partial charge in [-0.2, -0.15) is 0 Å². The van der Waals surface area contributed by atoms with Crippen LogP contribution in [0.15, 0.2) is 42.7 Å². The van der Waals surface area contributed by atoms with E-state index in [1.54, 1.807) is 11.3 Å². The third-order valence-corrected chi connectivity index (χ3v) is 4.15. The van der Waals surface area contributed by atoms with Gasteiger partial charge in [0.15, 0.2) is 0 Å². The number of aryl methyl sites for hydroxylation is 1. The van der Waals surface area contributed by atoms with Crippen LogP contribution >= 0.6 is 11.3 Å². The summed E-state index contributed by atoms with van der Waals surface area (Å²) in [6.07, 6.45) is 4.90. The van der Waals surface area contributed by atoms with Gasteiger partial charge in [-0.15, -0.1) is 11.3 Å². The Morgan fingerprint density at radius 2 is 2.20 bits per heavy atom. The lowest BCUT2D eigenvalue weighted by atomic mass is 10.3. The van der Waals surface area contributed by atoms with Crippen LogP contribution in [0.5, 0.6) is 0 Å². The molecule has 102 valence electrons. The molecule has 0 saturated heterocycles. The van der Waals surface area contributed by atoms with Crippen molar-refractivity contribution in [3.05, 3.63) is 53.3 Å². The summed E-state index contributed by atoms with van der Waals surface area (Å²) in [6, 6.07) is 10.0. The molecule has 1 aromatic carbocycles. The second-order valence-corrected chi connectivity index (χ2v) is 5.69. The van der Waals surface area contributed by atoms with E-state index in [9.17, 15) is 4.79 Å². The van der Waals surface area contributed by atoms with E-state index in [2.05, 4.69) is 21.4 Å². The van der Waals surface area contributed by atoms with E-state index in [0.717, 1.165) is 16.1 Å². The summed E-state index contributed by atoms with van der Waals surface area (Å²) < 4.78 is 1.18. The normalized spacial score (nSPS) is 10.8. The zero-order valence-electron chi connectivity index (χ0n) is 10.9. The molecule has 0 spiro atoms. The molecule has 3 aromatic rings. The van der Waals surface area contributed by atoms with Crippen molar-refractivity contribution in [2.75, 3.05) is 0 Å². The molecule has 2 aromatic heterocycles. The van der Waals surface area contributed by atoms with Crippen molar-refractivity contribution in [3.63, 3.8) is 0 Å². The van der Waals surface area contributed by atoms with E-state index < -0.39 is 0 Å². The summed E-state index contributed by atoms with van der Waals surface area (Å²) in [5.41, 5.74) is 2.10. The van der Waals surface area contributed by atoms with E-state index in [1.807, 2.05) is 36.7 Å². The highest BCUT2D eigenvalue weighted by molar-refractivity contribution is 7.18. The Morgan fingerprint density at radius 1 is 1.30 bits per heavy atom. The number of nitrogens with zero attached hydrogens (tertiary/aromatic N) is 1. The van der Waals surface area contributed by atoms with Crippen molar-refractivity contribution in [3.8, 4) is 0 Å². The zero-order valence-corrected chi connectivity index (χ0v) is 11.7. The highest BCUT2D eigenvalue weighted by Crippen LogP contribution is 2.22. The zero-order chi connectivity index (χ0) is 13.8. The number of aromatic amines is 1. The molecule has 0 atom stereocenters. The minimum absolute atomic E-state index is 0.0606. The highest BCUT2D eigenvalue weighted by atomic mass is 32.1. The molecule has 2 N–H and O–H groups in total. The van der Waals surface area contributed by atoms with Gasteiger partial charge in [0.05, 0.1) is 15.2 Å². The maximum atomic E-state index is 11.8. The van der Waals surface area contributed by atoms with Crippen molar-refractivity contribution < 1.29 is 4.79 Å². The Morgan fingerprint density at radius 3 is 3.00 bits per heavy atom. The van der Waals surface area contributed by atoms with Gasteiger partial charge in [-0.25, -0.2) is 4.98 Å². The largest absolute Gasteiger partial charge is 0.367 e. The quantitative estimate of drug-likeness (QED) is 0.757. The summed E-state index contributed by atoms with van der Waals surface area (Å²) in [5.74, 6) is 0.0606. The standard InChI is InChI=1S/C15H15N3OS/c19-14(17-10-11-7-8-16-9-11)5-6-15-18-12-3-1-2-4-13(12)20-15/h1-4,7-9,16H,5-6,10H2,(H,17,19). The van der Waals surface area contributed by atoms with Gasteiger partial charge in [0.2, 0.25) is 5.91 Å². The monoisotopic (exact) mass is 285 g/mol. The third-order valence-electron chi connectivity index (χ3n) is 3.06. The van der Waals surface area contributed by atoms with Gasteiger partial charge < -0.3 is 10.3 Å². The van der Waals surface area contributed by atoms with Crippen LogP contribution < -0.4 is 5.32 Å². The first-order valence-corrected chi connectivity index (χ1v) is 7.36. The fourth-order valence-electron chi connectivity index (χ4n) is 2.00. The van der Waals surface area contributed by atoms with Crippen molar-refractivity contribution in [1.82, 2.24) is 15.3 Å². The minimum atomic E-state index is 0.0606. The number of amides is 1. The van der Waals surface area contributed by atoms with Crippen molar-refractivity contribution in [1.29, 1.82) is 0 Å². The van der Waals surface area contributed by atoms with Gasteiger partial charge in [0.25, 0.3) is 0 Å². The van der Waals surface area contributed by atoms with Crippen LogP contribution in [-0.4, -0.2) is 15.9 Å². The molecule has 20 heavy (non-hydrogen) atoms. The maximum Gasteiger partial charge on any atom is 0.220 e. The number of hydrogen-bond acceptors (Lipinski definition) is 3. The molecule has 0 fully saturated rings. The molecule has 0 bridgehead atoms. The number of para-hydroxylation sites is 1. The number of fused-ring (bicyclic) bond motifs is 1. The van der Waals surface area contributed by atoms with E-state index in [4.69, 9.17) is 0 Å². The van der Waals surface area contributed by atoms with Crippen molar-refractivity contribution in [2.24, 2.45) is 0 Å². The number of hydrogen-bond donors (Lipinski definition) is 2. The van der Waals surface area contributed by atoms with Crippen LogP contribution in [0, 0.1) is 0 Å². The van der Waals surface area contributed by atoms with Gasteiger partial charge in [0, 0.05) is 31.8 Å². The van der Waals surface area contributed by atoms with E-state index in [0.29, 0.717) is 19.4 Å². The predicted octanol–water partition coefficient (Wildman–Crippen LogP) is 2.87. The molecule has 3 rings (SSSR count). The molecule has 1 amide bonds. The van der Waals surface area contributed by atoms with E-state index >= 15 is 0 Å². The lowest BCUT2D eigenvalue weighted by Gasteiger charge is -2.02. The number of rotatable bonds is 5. The van der Waals surface area contributed by atoms with Gasteiger partial charge in [0.1, 0.15) is 0 Å². The number of benzene rings is 1. The second kappa shape index (κ2) is 5.88. The van der Waals surface area contributed by atoms with Crippen LogP contribution in [0.1, 0.15) is 17.0 Å². The Bertz CT molecular complexity index is 670. The first-order valence-electron chi connectivity index (χ1n) is 6.54. The molecule has 0 aliphatic rings. The van der Waals surface area contributed by atoms with Crippen LogP contribution in [0.2, 0.25) is 0 Å². The molecule has 0 aliphatic heterocycles. The van der Waals surface area contributed by atoms with Crippen LogP contribution in [0.3, 0.4) is 0 Å². The van der Waals surface area contributed by atoms with E-state index in [1.165, 1.54) is 4.70 Å². The van der Waals surface area contributed by atoms with Crippen molar-refractivity contribution >= 4 is 27.5 Å². The number of H-pyrrole nitrogens is 1. The molecule has 0 unspecified atom stereocenters. The molecule has 5 heteroatoms. The molecular weight excluding hydrogens is 270 g/mol. The maximum absolute atomic E-state index is 11.8. The second-order valence-electron chi connectivity index (χ2n) is 4.57. The molecular formula is C15H15N3OS. The summed E-state index contributed by atoms with van der Waals surface area (Å²) in [6.45, 7) is 0.572. The number of aromatic nitrogens is 2. The Kier molecular flexibility index (Phi) is 3.78. The Hall–Kier alpha value is -2.14. The van der Waals surface area contributed by atoms with Crippen LogP contribution in [0.25, 0.3) is 10.2 Å². The van der Waals surface area contributed by atoms with Gasteiger partial charge >= 0.3 is 0 Å². The lowest BCUT2D eigenvalue weighted by molar-refractivity contribution is -0.121. The van der Waals surface area contributed by atoms with Gasteiger partial charge in [-0.1, -0.05) is 12.1 Å². The molecule has 0 saturated carbocycles. The number of carbonyl (C=O) groups is 1. The third kappa shape index (κ3) is 3.05. The number of nitrogens with one attached hydrogen (secondary N) is 2. The number of carbonyl (C=O) groups excluding carboxylic acids is 1. The summed E-state index contributed by atoms with van der Waals surface area (Å²) in [7, 11) is 0. The Labute approximate surface area is 120 Å². The topological polar surface area (TPSA) is 57.8 Å². The fourth-order valence-corrected chi connectivity index (χ4v) is 2.97. The van der Waals surface area contributed by atoms with Gasteiger partial charge in [-0.05, 0) is 23.8 Å². The van der Waals surface area contributed by atoms with Crippen molar-refractivity contribution in [2.45, 2.75) is 19.4 Å². The summed E-state index contributed by atoms with van der Waals surface area (Å²) in [4.78, 5) is 19.3. The average Bonchev–Trinajstić information content (AvgIpc) is 3.11.